The number of halogens is 1. The van der Waals surface area contributed by atoms with Crippen molar-refractivity contribution in [3.05, 3.63) is 40.9 Å². The van der Waals surface area contributed by atoms with Gasteiger partial charge in [0.25, 0.3) is 0 Å². The molecule has 1 heterocycles. The van der Waals surface area contributed by atoms with Gasteiger partial charge in [0.1, 0.15) is 5.01 Å². The molecule has 1 aromatic carbocycles. The molecule has 3 N–H and O–H groups in total. The first-order valence-corrected chi connectivity index (χ1v) is 7.79. The minimum absolute atomic E-state index is 0. The first-order chi connectivity index (χ1) is 10.0. The van der Waals surface area contributed by atoms with Crippen molar-refractivity contribution in [2.45, 2.75) is 32.7 Å². The molecule has 0 radical (unpaired) electrons. The maximum Gasteiger partial charge on any atom is 0.243 e. The molecular formula is C15H21ClN4OS. The second kappa shape index (κ2) is 8.82. The number of nitrogens with zero attached hydrogens (tertiary/aromatic N) is 2. The van der Waals surface area contributed by atoms with E-state index < -0.39 is 6.04 Å². The van der Waals surface area contributed by atoms with Crippen molar-refractivity contribution in [1.82, 2.24) is 10.2 Å². The summed E-state index contributed by atoms with van der Waals surface area (Å²) < 4.78 is 0. The molecule has 0 fully saturated rings. The molecule has 0 bridgehead atoms. The van der Waals surface area contributed by atoms with Crippen LogP contribution in [0.15, 0.2) is 30.3 Å². The Bertz CT molecular complexity index is 588. The van der Waals surface area contributed by atoms with Crippen molar-refractivity contribution in [2.24, 2.45) is 11.7 Å². The molecule has 1 aromatic heterocycles. The van der Waals surface area contributed by atoms with Crippen molar-refractivity contribution < 1.29 is 4.79 Å². The maximum atomic E-state index is 12.1. The second-order valence-electron chi connectivity index (χ2n) is 5.38. The summed E-state index contributed by atoms with van der Waals surface area (Å²) in [6.45, 7) is 4.24. The van der Waals surface area contributed by atoms with E-state index in [1.807, 2.05) is 30.3 Å². The monoisotopic (exact) mass is 340 g/mol. The molecule has 0 aliphatic heterocycles. The zero-order valence-corrected chi connectivity index (χ0v) is 14.3. The first kappa shape index (κ1) is 18.5. The maximum absolute atomic E-state index is 12.1. The number of amides is 1. The Morgan fingerprint density at radius 1 is 1.23 bits per heavy atom. The van der Waals surface area contributed by atoms with E-state index in [1.165, 1.54) is 11.3 Å². The molecule has 7 heteroatoms. The van der Waals surface area contributed by atoms with Gasteiger partial charge in [-0.05, 0) is 17.9 Å². The Labute approximate surface area is 140 Å². The SMILES string of the molecule is CC(C)Cc1nnc(NC(=O)C(N)Cc2ccccc2)s1.Cl. The molecule has 5 nitrogen and oxygen atoms in total. The largest absolute Gasteiger partial charge is 0.320 e. The predicted octanol–water partition coefficient (Wildman–Crippen LogP) is 2.67. The summed E-state index contributed by atoms with van der Waals surface area (Å²) in [7, 11) is 0. The topological polar surface area (TPSA) is 80.9 Å². The Hall–Kier alpha value is -1.50. The van der Waals surface area contributed by atoms with Crippen LogP contribution in [0, 0.1) is 5.92 Å². The van der Waals surface area contributed by atoms with Crippen LogP contribution in [-0.4, -0.2) is 22.1 Å². The molecule has 2 rings (SSSR count). The summed E-state index contributed by atoms with van der Waals surface area (Å²) in [5, 5.41) is 12.2. The summed E-state index contributed by atoms with van der Waals surface area (Å²) >= 11 is 1.40. The molecule has 120 valence electrons. The normalized spacial score (nSPS) is 11.8. The quantitative estimate of drug-likeness (QED) is 0.847. The van der Waals surface area contributed by atoms with E-state index in [4.69, 9.17) is 5.73 Å². The lowest BCUT2D eigenvalue weighted by Crippen LogP contribution is -2.37. The number of nitrogens with one attached hydrogen (secondary N) is 1. The Kier molecular flexibility index (Phi) is 7.44. The van der Waals surface area contributed by atoms with E-state index in [2.05, 4.69) is 29.4 Å². The van der Waals surface area contributed by atoms with Crippen LogP contribution in [-0.2, 0) is 17.6 Å². The van der Waals surface area contributed by atoms with Crippen LogP contribution in [0.25, 0.3) is 0 Å². The fraction of sp³-hybridized carbons (Fsp3) is 0.400. The molecule has 2 aromatic rings. The van der Waals surface area contributed by atoms with Gasteiger partial charge in [-0.1, -0.05) is 55.5 Å². The van der Waals surface area contributed by atoms with Crippen LogP contribution in [0.4, 0.5) is 5.13 Å². The Morgan fingerprint density at radius 3 is 2.55 bits per heavy atom. The van der Waals surface area contributed by atoms with Gasteiger partial charge in [0, 0.05) is 6.42 Å². The van der Waals surface area contributed by atoms with Gasteiger partial charge in [0.2, 0.25) is 11.0 Å². The van der Waals surface area contributed by atoms with Gasteiger partial charge in [-0.15, -0.1) is 22.6 Å². The average molecular weight is 341 g/mol. The highest BCUT2D eigenvalue weighted by molar-refractivity contribution is 7.15. The van der Waals surface area contributed by atoms with Gasteiger partial charge in [0.15, 0.2) is 0 Å². The fourth-order valence-corrected chi connectivity index (χ4v) is 2.85. The smallest absolute Gasteiger partial charge is 0.243 e. The third-order valence-electron chi connectivity index (χ3n) is 2.92. The number of anilines is 1. The van der Waals surface area contributed by atoms with Crippen LogP contribution in [0.3, 0.4) is 0 Å². The lowest BCUT2D eigenvalue weighted by molar-refractivity contribution is -0.117. The third kappa shape index (κ3) is 5.71. The summed E-state index contributed by atoms with van der Waals surface area (Å²) in [6, 6.07) is 9.13. The highest BCUT2D eigenvalue weighted by Gasteiger charge is 2.16. The lowest BCUT2D eigenvalue weighted by atomic mass is 10.1. The molecule has 1 atom stereocenters. The van der Waals surface area contributed by atoms with Gasteiger partial charge >= 0.3 is 0 Å². The van der Waals surface area contributed by atoms with Crippen molar-refractivity contribution in [3.63, 3.8) is 0 Å². The van der Waals surface area contributed by atoms with E-state index in [-0.39, 0.29) is 18.3 Å². The van der Waals surface area contributed by atoms with Gasteiger partial charge in [-0.25, -0.2) is 0 Å². The summed E-state index contributed by atoms with van der Waals surface area (Å²) in [6.07, 6.45) is 1.37. The van der Waals surface area contributed by atoms with Gasteiger partial charge < -0.3 is 5.73 Å². The highest BCUT2D eigenvalue weighted by Crippen LogP contribution is 2.18. The molecule has 0 aliphatic carbocycles. The number of carbonyl (C=O) groups excluding carboxylic acids is 1. The zero-order valence-electron chi connectivity index (χ0n) is 12.7. The average Bonchev–Trinajstić information content (AvgIpc) is 2.86. The minimum atomic E-state index is -0.593. The van der Waals surface area contributed by atoms with Crippen molar-refractivity contribution in [3.8, 4) is 0 Å². The van der Waals surface area contributed by atoms with E-state index in [9.17, 15) is 4.79 Å². The fourth-order valence-electron chi connectivity index (χ4n) is 1.89. The number of hydrogen-bond donors (Lipinski definition) is 2. The summed E-state index contributed by atoms with van der Waals surface area (Å²) in [5.74, 6) is 0.285. The molecule has 22 heavy (non-hydrogen) atoms. The highest BCUT2D eigenvalue weighted by atomic mass is 35.5. The summed E-state index contributed by atoms with van der Waals surface area (Å²) in [5.41, 5.74) is 6.97. The van der Waals surface area contributed by atoms with Crippen LogP contribution < -0.4 is 11.1 Å². The van der Waals surface area contributed by atoms with Crippen LogP contribution in [0.5, 0.6) is 0 Å². The van der Waals surface area contributed by atoms with Crippen molar-refractivity contribution >= 4 is 34.8 Å². The predicted molar refractivity (Wildman–Crippen MR) is 92.5 cm³/mol. The van der Waals surface area contributed by atoms with Crippen LogP contribution in [0.1, 0.15) is 24.4 Å². The molecular weight excluding hydrogens is 320 g/mol. The third-order valence-corrected chi connectivity index (χ3v) is 3.78. The van der Waals surface area contributed by atoms with Gasteiger partial charge in [-0.3, -0.25) is 10.1 Å². The standard InChI is InChI=1S/C15H20N4OS.ClH/c1-10(2)8-13-18-19-15(21-13)17-14(20)12(16)9-11-6-4-3-5-7-11;/h3-7,10,12H,8-9,16H2,1-2H3,(H,17,19,20);1H. The number of rotatable bonds is 6. The number of aromatic nitrogens is 2. The van der Waals surface area contributed by atoms with Crippen molar-refractivity contribution in [2.75, 3.05) is 5.32 Å². The number of nitrogens with two attached hydrogens (primary N) is 1. The number of carbonyl (C=O) groups is 1. The molecule has 0 aliphatic rings. The first-order valence-electron chi connectivity index (χ1n) is 6.97. The van der Waals surface area contributed by atoms with Crippen LogP contribution >= 0.6 is 23.7 Å². The van der Waals surface area contributed by atoms with E-state index in [0.717, 1.165) is 17.0 Å². The zero-order chi connectivity index (χ0) is 15.2. The molecule has 0 saturated carbocycles. The Morgan fingerprint density at radius 2 is 1.91 bits per heavy atom. The Balaban J connectivity index is 0.00000242. The van der Waals surface area contributed by atoms with E-state index in [0.29, 0.717) is 17.5 Å². The molecule has 1 unspecified atom stereocenters. The van der Waals surface area contributed by atoms with Crippen molar-refractivity contribution in [1.29, 1.82) is 0 Å². The summed E-state index contributed by atoms with van der Waals surface area (Å²) in [4.78, 5) is 12.1. The molecule has 0 spiro atoms. The lowest BCUT2D eigenvalue weighted by Gasteiger charge is -2.10. The van der Waals surface area contributed by atoms with E-state index in [1.54, 1.807) is 0 Å². The number of hydrogen-bond acceptors (Lipinski definition) is 5. The van der Waals surface area contributed by atoms with Gasteiger partial charge in [-0.2, -0.15) is 0 Å². The number of benzene rings is 1. The van der Waals surface area contributed by atoms with Crippen LogP contribution in [0.2, 0.25) is 0 Å². The molecule has 0 saturated heterocycles. The molecule has 1 amide bonds. The van der Waals surface area contributed by atoms with E-state index >= 15 is 0 Å². The minimum Gasteiger partial charge on any atom is -0.320 e. The second-order valence-corrected chi connectivity index (χ2v) is 6.45. The van der Waals surface area contributed by atoms with Gasteiger partial charge in [0.05, 0.1) is 6.04 Å².